The van der Waals surface area contributed by atoms with E-state index in [1.165, 1.54) is 34.9 Å². The molecule has 0 atom stereocenters. The van der Waals surface area contributed by atoms with Crippen molar-refractivity contribution in [3.63, 3.8) is 0 Å². The third-order valence-electron chi connectivity index (χ3n) is 4.28. The SMILES string of the molecule is CCOC(=O)C=c1sc(=Cc2ccc(OC(F)F)cc2)c(=O)n1CC(=O)N(CC)CC. The number of ether oxygens (including phenoxy) is 2. The van der Waals surface area contributed by atoms with E-state index < -0.39 is 18.1 Å². The number of alkyl halides is 2. The molecule has 0 spiro atoms. The minimum atomic E-state index is -2.93. The fraction of sp³-hybridized carbons (Fsp3) is 0.381. The molecular formula is C21H24F2N2O5S. The molecule has 0 radical (unpaired) electrons. The van der Waals surface area contributed by atoms with E-state index in [0.29, 0.717) is 18.7 Å². The highest BCUT2D eigenvalue weighted by atomic mass is 32.1. The fourth-order valence-electron chi connectivity index (χ4n) is 2.79. The number of amides is 1. The third-order valence-corrected chi connectivity index (χ3v) is 5.34. The Morgan fingerprint density at radius 1 is 1.16 bits per heavy atom. The van der Waals surface area contributed by atoms with Gasteiger partial charge in [-0.05, 0) is 44.5 Å². The number of esters is 1. The van der Waals surface area contributed by atoms with Crippen LogP contribution in [0.25, 0.3) is 12.2 Å². The molecule has 1 heterocycles. The van der Waals surface area contributed by atoms with Crippen molar-refractivity contribution >= 4 is 35.4 Å². The minimum Gasteiger partial charge on any atom is -0.463 e. The van der Waals surface area contributed by atoms with E-state index in [2.05, 4.69) is 4.74 Å². The van der Waals surface area contributed by atoms with Crippen LogP contribution in [0.3, 0.4) is 0 Å². The van der Waals surface area contributed by atoms with Crippen molar-refractivity contribution in [3.05, 3.63) is 49.4 Å². The molecule has 10 heteroatoms. The number of rotatable bonds is 9. The predicted octanol–water partition coefficient (Wildman–Crippen LogP) is 1.55. The molecule has 1 aromatic heterocycles. The van der Waals surface area contributed by atoms with Crippen molar-refractivity contribution in [2.24, 2.45) is 0 Å². The van der Waals surface area contributed by atoms with E-state index in [1.54, 1.807) is 17.9 Å². The molecule has 0 saturated carbocycles. The normalized spacial score (nSPS) is 12.3. The van der Waals surface area contributed by atoms with E-state index in [9.17, 15) is 23.2 Å². The number of hydrogen-bond donors (Lipinski definition) is 0. The molecule has 168 valence electrons. The molecule has 2 aromatic rings. The summed E-state index contributed by atoms with van der Waals surface area (Å²) in [5.74, 6) is -0.867. The zero-order valence-corrected chi connectivity index (χ0v) is 18.3. The van der Waals surface area contributed by atoms with Crippen molar-refractivity contribution in [1.29, 1.82) is 0 Å². The summed E-state index contributed by atoms with van der Waals surface area (Å²) in [5.41, 5.74) is 0.138. The molecule has 31 heavy (non-hydrogen) atoms. The zero-order valence-electron chi connectivity index (χ0n) is 17.5. The monoisotopic (exact) mass is 454 g/mol. The molecule has 0 saturated heterocycles. The van der Waals surface area contributed by atoms with Crippen LogP contribution in [0.4, 0.5) is 8.78 Å². The second-order valence-corrected chi connectivity index (χ2v) is 7.31. The number of hydrogen-bond acceptors (Lipinski definition) is 6. The van der Waals surface area contributed by atoms with Gasteiger partial charge in [0.05, 0.1) is 17.2 Å². The van der Waals surface area contributed by atoms with Gasteiger partial charge in [0.1, 0.15) is 17.0 Å². The number of aromatic nitrogens is 1. The van der Waals surface area contributed by atoms with E-state index in [-0.39, 0.29) is 34.0 Å². The average Bonchev–Trinajstić information content (AvgIpc) is 2.99. The van der Waals surface area contributed by atoms with Crippen LogP contribution in [0.1, 0.15) is 26.3 Å². The largest absolute Gasteiger partial charge is 0.463 e. The number of carbonyl (C=O) groups excluding carboxylic acids is 2. The molecule has 0 bridgehead atoms. The molecule has 0 N–H and O–H groups in total. The zero-order chi connectivity index (χ0) is 23.0. The van der Waals surface area contributed by atoms with Gasteiger partial charge in [0.25, 0.3) is 5.56 Å². The first-order valence-corrected chi connectivity index (χ1v) is 10.5. The number of thiazole rings is 1. The molecular weight excluding hydrogens is 430 g/mol. The second-order valence-electron chi connectivity index (χ2n) is 6.25. The van der Waals surface area contributed by atoms with Crippen LogP contribution in [0.2, 0.25) is 0 Å². The highest BCUT2D eigenvalue weighted by molar-refractivity contribution is 7.07. The summed E-state index contributed by atoms with van der Waals surface area (Å²) in [4.78, 5) is 39.0. The Bertz CT molecular complexity index is 1070. The Balaban J connectivity index is 2.50. The minimum absolute atomic E-state index is 0.00288. The fourth-order valence-corrected chi connectivity index (χ4v) is 3.82. The first-order chi connectivity index (χ1) is 14.8. The molecule has 2 rings (SSSR count). The highest BCUT2D eigenvalue weighted by Gasteiger charge is 2.15. The number of nitrogens with zero attached hydrogens (tertiary/aromatic N) is 2. The van der Waals surface area contributed by atoms with Crippen LogP contribution in [-0.4, -0.2) is 47.7 Å². The highest BCUT2D eigenvalue weighted by Crippen LogP contribution is 2.15. The van der Waals surface area contributed by atoms with Crippen molar-refractivity contribution in [2.45, 2.75) is 33.9 Å². The van der Waals surface area contributed by atoms with E-state index >= 15 is 0 Å². The maximum absolute atomic E-state index is 13.0. The van der Waals surface area contributed by atoms with E-state index in [4.69, 9.17) is 4.74 Å². The van der Waals surface area contributed by atoms with Gasteiger partial charge in [-0.2, -0.15) is 8.78 Å². The molecule has 0 fully saturated rings. The lowest BCUT2D eigenvalue weighted by molar-refractivity contribution is -0.135. The average molecular weight is 454 g/mol. The lowest BCUT2D eigenvalue weighted by Crippen LogP contribution is -2.40. The smallest absolute Gasteiger partial charge is 0.387 e. The first kappa shape index (κ1) is 24.3. The van der Waals surface area contributed by atoms with Crippen molar-refractivity contribution in [1.82, 2.24) is 9.47 Å². The Hall–Kier alpha value is -3.01. The number of likely N-dealkylation sites (N-methyl/N-ethyl adjacent to an activating group) is 1. The Morgan fingerprint density at radius 3 is 2.35 bits per heavy atom. The van der Waals surface area contributed by atoms with Gasteiger partial charge in [0.15, 0.2) is 0 Å². The van der Waals surface area contributed by atoms with Crippen molar-refractivity contribution in [3.8, 4) is 5.75 Å². The molecule has 1 aromatic carbocycles. The number of halogens is 2. The van der Waals surface area contributed by atoms with Crippen LogP contribution < -0.4 is 19.5 Å². The summed E-state index contributed by atoms with van der Waals surface area (Å²) in [5, 5.41) is 0. The molecule has 1 amide bonds. The number of benzene rings is 1. The van der Waals surface area contributed by atoms with E-state index in [0.717, 1.165) is 11.3 Å². The molecule has 0 aliphatic carbocycles. The standard InChI is InChI=1S/C21H24F2N2O5S/c1-4-24(5-2)17(26)13-25-18(12-19(27)29-6-3)31-16(20(25)28)11-14-7-9-15(10-8-14)30-21(22)23/h7-12,21H,4-6,13H2,1-3H3. The van der Waals surface area contributed by atoms with Crippen LogP contribution >= 0.6 is 11.3 Å². The maximum atomic E-state index is 13.0. The quantitative estimate of drug-likeness (QED) is 0.538. The first-order valence-electron chi connectivity index (χ1n) is 9.71. The Morgan fingerprint density at radius 2 is 1.81 bits per heavy atom. The summed E-state index contributed by atoms with van der Waals surface area (Å²) in [6.07, 6.45) is 2.74. The molecule has 0 aliphatic heterocycles. The van der Waals surface area contributed by atoms with Gasteiger partial charge in [-0.1, -0.05) is 12.1 Å². The van der Waals surface area contributed by atoms with Crippen LogP contribution in [0.15, 0.2) is 29.1 Å². The topological polar surface area (TPSA) is 77.8 Å². The van der Waals surface area contributed by atoms with Gasteiger partial charge in [-0.25, -0.2) is 4.79 Å². The van der Waals surface area contributed by atoms with Gasteiger partial charge in [0, 0.05) is 13.1 Å². The molecule has 0 unspecified atom stereocenters. The van der Waals surface area contributed by atoms with Crippen molar-refractivity contribution in [2.75, 3.05) is 19.7 Å². The van der Waals surface area contributed by atoms with Crippen LogP contribution in [-0.2, 0) is 20.9 Å². The van der Waals surface area contributed by atoms with Crippen LogP contribution in [0.5, 0.6) is 5.75 Å². The lowest BCUT2D eigenvalue weighted by atomic mass is 10.2. The van der Waals surface area contributed by atoms with Crippen molar-refractivity contribution < 1.29 is 27.8 Å². The third kappa shape index (κ3) is 6.74. The van der Waals surface area contributed by atoms with Gasteiger partial charge >= 0.3 is 12.6 Å². The summed E-state index contributed by atoms with van der Waals surface area (Å²) < 4.78 is 35.6. The maximum Gasteiger partial charge on any atom is 0.387 e. The summed E-state index contributed by atoms with van der Waals surface area (Å²) in [6.45, 7) is 3.37. The summed E-state index contributed by atoms with van der Waals surface area (Å²) >= 11 is 1.04. The molecule has 7 nitrogen and oxygen atoms in total. The van der Waals surface area contributed by atoms with Gasteiger partial charge < -0.3 is 14.4 Å². The second kappa shape index (κ2) is 11.4. The predicted molar refractivity (Wildman–Crippen MR) is 113 cm³/mol. The summed E-state index contributed by atoms with van der Waals surface area (Å²) in [7, 11) is 0. The summed E-state index contributed by atoms with van der Waals surface area (Å²) in [6, 6.07) is 5.77. The van der Waals surface area contributed by atoms with E-state index in [1.807, 2.05) is 13.8 Å². The Labute approximate surface area is 181 Å². The van der Waals surface area contributed by atoms with Crippen LogP contribution in [0, 0.1) is 0 Å². The van der Waals surface area contributed by atoms with Gasteiger partial charge in [-0.15, -0.1) is 11.3 Å². The lowest BCUT2D eigenvalue weighted by Gasteiger charge is -2.18. The Kier molecular flexibility index (Phi) is 8.92. The number of carbonyl (C=O) groups is 2. The van der Waals surface area contributed by atoms with Gasteiger partial charge in [-0.3, -0.25) is 14.2 Å². The van der Waals surface area contributed by atoms with Gasteiger partial charge in [0.2, 0.25) is 5.91 Å². The molecule has 0 aliphatic rings.